The molecular weight excluding hydrogens is 308 g/mol. The number of rotatable bonds is 7. The minimum atomic E-state index is -2.89. The zero-order valence-electron chi connectivity index (χ0n) is 12.4. The predicted octanol–water partition coefficient (Wildman–Crippen LogP) is 1.64. The second-order valence-corrected chi connectivity index (χ2v) is 4.98. The Bertz CT molecular complexity index is 644. The van der Waals surface area contributed by atoms with Crippen molar-refractivity contribution in [2.24, 2.45) is 0 Å². The van der Waals surface area contributed by atoms with Crippen molar-refractivity contribution >= 4 is 5.91 Å². The quantitative estimate of drug-likeness (QED) is 0.811. The summed E-state index contributed by atoms with van der Waals surface area (Å²) in [4.78, 5) is 11.7. The number of hydrogen-bond acceptors (Lipinski definition) is 4. The maximum absolute atomic E-state index is 12.0. The number of halogens is 2. The molecule has 2 aromatic rings. The first-order valence-corrected chi connectivity index (χ1v) is 6.92. The molecule has 0 spiro atoms. The largest absolute Gasteiger partial charge is 0.435 e. The van der Waals surface area contributed by atoms with Crippen molar-refractivity contribution in [2.45, 2.75) is 26.2 Å². The number of nitrogens with zero attached hydrogens (tertiary/aromatic N) is 2. The van der Waals surface area contributed by atoms with Crippen LogP contribution in [0.1, 0.15) is 17.2 Å². The molecule has 2 rings (SSSR count). The first-order chi connectivity index (χ1) is 10.9. The molecule has 1 heterocycles. The van der Waals surface area contributed by atoms with Gasteiger partial charge in [0.1, 0.15) is 12.3 Å². The lowest BCUT2D eigenvalue weighted by atomic mass is 10.1. The van der Waals surface area contributed by atoms with Crippen LogP contribution >= 0.6 is 0 Å². The second kappa shape index (κ2) is 7.68. The summed E-state index contributed by atoms with van der Waals surface area (Å²) in [6.07, 6.45) is 2.43. The Kier molecular flexibility index (Phi) is 5.64. The average molecular weight is 325 g/mol. The highest BCUT2D eigenvalue weighted by atomic mass is 19.3. The lowest BCUT2D eigenvalue weighted by Gasteiger charge is -2.13. The van der Waals surface area contributed by atoms with E-state index in [1.54, 1.807) is 12.4 Å². The van der Waals surface area contributed by atoms with Gasteiger partial charge in [-0.25, -0.2) is 0 Å². The normalized spacial score (nSPS) is 12.2. The van der Waals surface area contributed by atoms with Crippen molar-refractivity contribution < 1.29 is 23.4 Å². The number of nitrogens with one attached hydrogen (secondary N) is 1. The van der Waals surface area contributed by atoms with Crippen LogP contribution in [-0.4, -0.2) is 34.0 Å². The molecule has 0 aliphatic carbocycles. The van der Waals surface area contributed by atoms with Crippen molar-refractivity contribution in [1.82, 2.24) is 15.1 Å². The van der Waals surface area contributed by atoms with Crippen molar-refractivity contribution in [3.63, 3.8) is 0 Å². The van der Waals surface area contributed by atoms with Gasteiger partial charge in [0.15, 0.2) is 0 Å². The highest BCUT2D eigenvalue weighted by Gasteiger charge is 2.11. The Labute approximate surface area is 131 Å². The van der Waals surface area contributed by atoms with Crippen molar-refractivity contribution in [2.75, 3.05) is 6.54 Å². The topological polar surface area (TPSA) is 76.4 Å². The summed E-state index contributed by atoms with van der Waals surface area (Å²) < 4.78 is 29.8. The third-order valence-corrected chi connectivity index (χ3v) is 3.05. The van der Waals surface area contributed by atoms with Gasteiger partial charge in [-0.2, -0.15) is 13.9 Å². The Morgan fingerprint density at radius 1 is 1.39 bits per heavy atom. The first-order valence-electron chi connectivity index (χ1n) is 6.92. The molecule has 0 radical (unpaired) electrons. The standard InChI is InChI=1S/C15H17F2N3O3/c1-10-6-19-20(8-10)9-14(22)18-7-13(21)11-2-4-12(5-3-11)23-15(16)17/h2-6,8,13,15,21H,7,9H2,1H3,(H,18,22). The first kappa shape index (κ1) is 16.9. The number of benzene rings is 1. The fraction of sp³-hybridized carbons (Fsp3) is 0.333. The average Bonchev–Trinajstić information content (AvgIpc) is 2.90. The maximum Gasteiger partial charge on any atom is 0.387 e. The van der Waals surface area contributed by atoms with Gasteiger partial charge in [0.05, 0.1) is 12.3 Å². The van der Waals surface area contributed by atoms with Crippen LogP contribution in [0.15, 0.2) is 36.7 Å². The summed E-state index contributed by atoms with van der Waals surface area (Å²) in [5.74, 6) is -0.279. The van der Waals surface area contributed by atoms with Crippen LogP contribution in [0.25, 0.3) is 0 Å². The molecule has 2 N–H and O–H groups in total. The molecule has 1 amide bonds. The lowest BCUT2D eigenvalue weighted by molar-refractivity contribution is -0.122. The molecule has 1 aromatic carbocycles. The molecule has 1 aromatic heterocycles. The highest BCUT2D eigenvalue weighted by molar-refractivity contribution is 5.75. The molecule has 8 heteroatoms. The van der Waals surface area contributed by atoms with Crippen LogP contribution in [0.5, 0.6) is 5.75 Å². The van der Waals surface area contributed by atoms with Crippen molar-refractivity contribution in [1.29, 1.82) is 0 Å². The second-order valence-electron chi connectivity index (χ2n) is 4.98. The molecular formula is C15H17F2N3O3. The smallest absolute Gasteiger partial charge is 0.387 e. The molecule has 0 saturated heterocycles. The predicted molar refractivity (Wildman–Crippen MR) is 78.0 cm³/mol. The molecule has 124 valence electrons. The van der Waals surface area contributed by atoms with E-state index in [1.807, 2.05) is 6.92 Å². The zero-order chi connectivity index (χ0) is 16.8. The van der Waals surface area contributed by atoms with Crippen LogP contribution in [0.2, 0.25) is 0 Å². The number of hydrogen-bond donors (Lipinski definition) is 2. The Hall–Kier alpha value is -2.48. The summed E-state index contributed by atoms with van der Waals surface area (Å²) in [6.45, 7) is -0.960. The third-order valence-electron chi connectivity index (χ3n) is 3.05. The lowest BCUT2D eigenvalue weighted by Crippen LogP contribution is -2.31. The Balaban J connectivity index is 1.81. The fourth-order valence-electron chi connectivity index (χ4n) is 1.96. The van der Waals surface area contributed by atoms with E-state index in [0.717, 1.165) is 5.56 Å². The van der Waals surface area contributed by atoms with Gasteiger partial charge in [-0.05, 0) is 30.2 Å². The van der Waals surface area contributed by atoms with Crippen LogP contribution < -0.4 is 10.1 Å². The zero-order valence-corrected chi connectivity index (χ0v) is 12.4. The molecule has 0 aliphatic heterocycles. The van der Waals surface area contributed by atoms with Gasteiger partial charge in [0.2, 0.25) is 5.91 Å². The summed E-state index contributed by atoms with van der Waals surface area (Å²) >= 11 is 0. The summed E-state index contributed by atoms with van der Waals surface area (Å²) in [5.41, 5.74) is 1.44. The van der Waals surface area contributed by atoms with E-state index in [4.69, 9.17) is 0 Å². The van der Waals surface area contributed by atoms with Gasteiger partial charge in [-0.15, -0.1) is 0 Å². The molecule has 0 aliphatic rings. The van der Waals surface area contributed by atoms with E-state index in [0.29, 0.717) is 5.56 Å². The number of carbonyl (C=O) groups is 1. The third kappa shape index (κ3) is 5.33. The van der Waals surface area contributed by atoms with Gasteiger partial charge in [-0.1, -0.05) is 12.1 Å². The number of amides is 1. The minimum Gasteiger partial charge on any atom is -0.435 e. The fourth-order valence-corrected chi connectivity index (χ4v) is 1.96. The highest BCUT2D eigenvalue weighted by Crippen LogP contribution is 2.18. The van der Waals surface area contributed by atoms with E-state index in [-0.39, 0.29) is 24.7 Å². The van der Waals surface area contributed by atoms with Gasteiger partial charge < -0.3 is 15.2 Å². The number of aliphatic hydroxyl groups is 1. The molecule has 0 fully saturated rings. The molecule has 0 bridgehead atoms. The molecule has 23 heavy (non-hydrogen) atoms. The van der Waals surface area contributed by atoms with Gasteiger partial charge >= 0.3 is 6.61 Å². The van der Waals surface area contributed by atoms with Gasteiger partial charge in [0.25, 0.3) is 0 Å². The SMILES string of the molecule is Cc1cnn(CC(=O)NCC(O)c2ccc(OC(F)F)cc2)c1. The Morgan fingerprint density at radius 2 is 2.09 bits per heavy atom. The van der Waals surface area contributed by atoms with Gasteiger partial charge in [-0.3, -0.25) is 9.48 Å². The van der Waals surface area contributed by atoms with Gasteiger partial charge in [0, 0.05) is 12.7 Å². The summed E-state index contributed by atoms with van der Waals surface area (Å²) in [5, 5.41) is 16.6. The van der Waals surface area contributed by atoms with Crippen LogP contribution in [0, 0.1) is 6.92 Å². The number of aliphatic hydroxyl groups excluding tert-OH is 1. The van der Waals surface area contributed by atoms with Crippen LogP contribution in [-0.2, 0) is 11.3 Å². The van der Waals surface area contributed by atoms with E-state index < -0.39 is 12.7 Å². The Morgan fingerprint density at radius 3 is 2.65 bits per heavy atom. The number of aromatic nitrogens is 2. The van der Waals surface area contributed by atoms with Crippen LogP contribution in [0.3, 0.4) is 0 Å². The van der Waals surface area contributed by atoms with E-state index in [9.17, 15) is 18.7 Å². The van der Waals surface area contributed by atoms with E-state index >= 15 is 0 Å². The number of alkyl halides is 2. The number of ether oxygens (including phenoxy) is 1. The number of aryl methyl sites for hydroxylation is 1. The van der Waals surface area contributed by atoms with Crippen molar-refractivity contribution in [3.05, 3.63) is 47.8 Å². The molecule has 6 nitrogen and oxygen atoms in total. The molecule has 1 atom stereocenters. The monoisotopic (exact) mass is 325 g/mol. The molecule has 0 saturated carbocycles. The molecule has 1 unspecified atom stereocenters. The van der Waals surface area contributed by atoms with E-state index in [2.05, 4.69) is 15.2 Å². The maximum atomic E-state index is 12.0. The number of carbonyl (C=O) groups excluding carboxylic acids is 1. The van der Waals surface area contributed by atoms with Crippen molar-refractivity contribution in [3.8, 4) is 5.75 Å². The minimum absolute atomic E-state index is 0.00807. The van der Waals surface area contributed by atoms with E-state index in [1.165, 1.54) is 28.9 Å². The summed E-state index contributed by atoms with van der Waals surface area (Å²) in [6, 6.07) is 5.59. The van der Waals surface area contributed by atoms with Crippen LogP contribution in [0.4, 0.5) is 8.78 Å². The summed E-state index contributed by atoms with van der Waals surface area (Å²) in [7, 11) is 0.